The van der Waals surface area contributed by atoms with Crippen LogP contribution in [0.3, 0.4) is 0 Å². The number of hydrogen-bond donors (Lipinski definition) is 1. The average Bonchev–Trinajstić information content (AvgIpc) is 3.37. The second-order valence-corrected chi connectivity index (χ2v) is 8.37. The summed E-state index contributed by atoms with van der Waals surface area (Å²) in [6, 6.07) is 1.55. The molecule has 36 heavy (non-hydrogen) atoms. The number of rotatable bonds is 13. The zero-order chi connectivity index (χ0) is 26.1. The van der Waals surface area contributed by atoms with Crippen LogP contribution in [0.5, 0.6) is 11.6 Å². The van der Waals surface area contributed by atoms with Gasteiger partial charge in [-0.05, 0) is 39.2 Å². The fraction of sp³-hybridized carbons (Fsp3) is 0.407. The predicted octanol–water partition coefficient (Wildman–Crippen LogP) is 5.20. The predicted molar refractivity (Wildman–Crippen MR) is 141 cm³/mol. The number of methoxy groups -OCH3 is 1. The third-order valence-electron chi connectivity index (χ3n) is 6.06. The Balaban J connectivity index is 1.97. The summed E-state index contributed by atoms with van der Waals surface area (Å²) in [5, 5.41) is 3.10. The molecule has 3 aromatic heterocycles. The second kappa shape index (κ2) is 12.7. The highest BCUT2D eigenvalue weighted by atomic mass is 16.5. The van der Waals surface area contributed by atoms with E-state index < -0.39 is 0 Å². The van der Waals surface area contributed by atoms with Crippen molar-refractivity contribution in [2.24, 2.45) is 0 Å². The topological polar surface area (TPSA) is 93.9 Å². The smallest absolute Gasteiger partial charge is 0.318 e. The average molecular weight is 493 g/mol. The van der Waals surface area contributed by atoms with Crippen LogP contribution >= 0.6 is 0 Å². The van der Waals surface area contributed by atoms with Crippen molar-refractivity contribution in [3.8, 4) is 22.9 Å². The first kappa shape index (κ1) is 26.7. The largest absolute Gasteiger partial charge is 0.494 e. The number of aromatic nitrogens is 4. The Morgan fingerprint density at radius 2 is 2.08 bits per heavy atom. The molecule has 1 unspecified atom stereocenters. The van der Waals surface area contributed by atoms with E-state index in [1.54, 1.807) is 30.5 Å². The van der Waals surface area contributed by atoms with Crippen molar-refractivity contribution in [3.63, 3.8) is 0 Å². The van der Waals surface area contributed by atoms with E-state index >= 15 is 0 Å². The molecular weight excluding hydrogens is 456 g/mol. The monoisotopic (exact) mass is 492 g/mol. The first-order valence-electron chi connectivity index (χ1n) is 12.3. The molecule has 0 aliphatic carbocycles. The van der Waals surface area contributed by atoms with E-state index in [0.717, 1.165) is 24.1 Å². The van der Waals surface area contributed by atoms with Gasteiger partial charge in [-0.1, -0.05) is 19.1 Å². The van der Waals surface area contributed by atoms with Gasteiger partial charge in [0.2, 0.25) is 5.65 Å². The zero-order valence-corrected chi connectivity index (χ0v) is 21.6. The van der Waals surface area contributed by atoms with Gasteiger partial charge in [0.15, 0.2) is 0 Å². The molecule has 9 heteroatoms. The van der Waals surface area contributed by atoms with Gasteiger partial charge in [-0.15, -0.1) is 13.2 Å². The standard InChI is InChI=1S/C27H36N6O3/c1-7-11-15-36-26-25-28-13-14-32(25)18-23(31-26)21-16-22(29-17-24(21)35-6)19(5)33(10-4)27(34)30-20(9-3)12-8-2/h7-8,13-14,16-20H,1-2,9-12,15H2,3-6H3,(H,30,34)/t19-,20?/m1/s1. The fourth-order valence-corrected chi connectivity index (χ4v) is 3.96. The normalized spacial score (nSPS) is 12.6. The molecule has 0 saturated heterocycles. The van der Waals surface area contributed by atoms with Gasteiger partial charge in [-0.2, -0.15) is 0 Å². The van der Waals surface area contributed by atoms with E-state index in [0.29, 0.717) is 42.5 Å². The first-order chi connectivity index (χ1) is 17.5. The van der Waals surface area contributed by atoms with Gasteiger partial charge < -0.3 is 24.1 Å². The summed E-state index contributed by atoms with van der Waals surface area (Å²) >= 11 is 0. The number of hydrogen-bond acceptors (Lipinski definition) is 6. The number of fused-ring (bicyclic) bond motifs is 1. The Kier molecular flexibility index (Phi) is 9.44. The fourth-order valence-electron chi connectivity index (χ4n) is 3.96. The van der Waals surface area contributed by atoms with Crippen LogP contribution in [0.2, 0.25) is 0 Å². The van der Waals surface area contributed by atoms with Crippen molar-refractivity contribution < 1.29 is 14.3 Å². The summed E-state index contributed by atoms with van der Waals surface area (Å²) < 4.78 is 13.4. The van der Waals surface area contributed by atoms with Crippen LogP contribution in [0.4, 0.5) is 4.79 Å². The molecule has 3 heterocycles. The van der Waals surface area contributed by atoms with Crippen LogP contribution in [0.15, 0.2) is 56.2 Å². The molecule has 0 fully saturated rings. The maximum absolute atomic E-state index is 13.1. The number of nitrogens with zero attached hydrogens (tertiary/aromatic N) is 5. The van der Waals surface area contributed by atoms with Crippen LogP contribution in [0, 0.1) is 0 Å². The molecule has 3 aromatic rings. The third-order valence-corrected chi connectivity index (χ3v) is 6.06. The van der Waals surface area contributed by atoms with Crippen molar-refractivity contribution in [3.05, 3.63) is 61.9 Å². The molecule has 9 nitrogen and oxygen atoms in total. The van der Waals surface area contributed by atoms with Crippen LogP contribution in [0.25, 0.3) is 16.9 Å². The summed E-state index contributed by atoms with van der Waals surface area (Å²) in [7, 11) is 1.59. The minimum atomic E-state index is -0.277. The molecule has 192 valence electrons. The number of urea groups is 1. The van der Waals surface area contributed by atoms with Gasteiger partial charge in [-0.25, -0.2) is 14.8 Å². The lowest BCUT2D eigenvalue weighted by molar-refractivity contribution is 0.177. The second-order valence-electron chi connectivity index (χ2n) is 8.37. The summed E-state index contributed by atoms with van der Waals surface area (Å²) in [4.78, 5) is 28.6. The highest BCUT2D eigenvalue weighted by molar-refractivity contribution is 5.75. The molecule has 0 spiro atoms. The van der Waals surface area contributed by atoms with Crippen molar-refractivity contribution in [2.75, 3.05) is 20.3 Å². The van der Waals surface area contributed by atoms with Gasteiger partial charge in [0.1, 0.15) is 5.75 Å². The molecule has 0 aromatic carbocycles. The lowest BCUT2D eigenvalue weighted by Crippen LogP contribution is -2.45. The molecule has 0 bridgehead atoms. The number of nitrogens with one attached hydrogen (secondary N) is 1. The summed E-state index contributed by atoms with van der Waals surface area (Å²) in [5.41, 5.74) is 2.74. The Morgan fingerprint density at radius 3 is 2.75 bits per heavy atom. The van der Waals surface area contributed by atoms with E-state index in [-0.39, 0.29) is 18.1 Å². The minimum absolute atomic E-state index is 0.0428. The number of imidazole rings is 1. The van der Waals surface area contributed by atoms with E-state index in [4.69, 9.17) is 14.5 Å². The summed E-state index contributed by atoms with van der Waals surface area (Å²) in [6.45, 7) is 14.5. The lowest BCUT2D eigenvalue weighted by atomic mass is 10.1. The lowest BCUT2D eigenvalue weighted by Gasteiger charge is -2.30. The highest BCUT2D eigenvalue weighted by Crippen LogP contribution is 2.33. The maximum atomic E-state index is 13.1. The number of carbonyl (C=O) groups is 1. The van der Waals surface area contributed by atoms with Crippen molar-refractivity contribution in [1.82, 2.24) is 29.6 Å². The quantitative estimate of drug-likeness (QED) is 0.260. The molecule has 2 amide bonds. The Morgan fingerprint density at radius 1 is 1.28 bits per heavy atom. The highest BCUT2D eigenvalue weighted by Gasteiger charge is 2.24. The van der Waals surface area contributed by atoms with E-state index in [1.165, 1.54) is 0 Å². The SMILES string of the molecule is C=CCCOc1nc(-c2cc([C@@H](C)N(CC)C(=O)NC(CC)CC=C)ncc2OC)cn2ccnc12. The Bertz CT molecular complexity index is 1190. The first-order valence-corrected chi connectivity index (χ1v) is 12.3. The molecule has 0 aliphatic rings. The number of carbonyl (C=O) groups excluding carboxylic acids is 1. The van der Waals surface area contributed by atoms with Crippen LogP contribution in [-0.4, -0.2) is 56.6 Å². The molecule has 1 N–H and O–H groups in total. The van der Waals surface area contributed by atoms with E-state index in [9.17, 15) is 4.79 Å². The van der Waals surface area contributed by atoms with Gasteiger partial charge in [0.05, 0.1) is 37.3 Å². The summed E-state index contributed by atoms with van der Waals surface area (Å²) in [6.07, 6.45) is 12.9. The van der Waals surface area contributed by atoms with Gasteiger partial charge in [0, 0.05) is 36.7 Å². The Labute approximate surface area is 212 Å². The number of pyridine rings is 1. The molecule has 2 atom stereocenters. The molecular formula is C27H36N6O3. The van der Waals surface area contributed by atoms with Crippen molar-refractivity contribution in [2.45, 2.75) is 52.1 Å². The summed E-state index contributed by atoms with van der Waals surface area (Å²) in [5.74, 6) is 0.995. The van der Waals surface area contributed by atoms with Crippen molar-refractivity contribution in [1.29, 1.82) is 0 Å². The molecule has 0 aliphatic heterocycles. The van der Waals surface area contributed by atoms with Gasteiger partial charge >= 0.3 is 6.03 Å². The number of amides is 2. The van der Waals surface area contributed by atoms with E-state index in [2.05, 4.69) is 28.4 Å². The van der Waals surface area contributed by atoms with Crippen molar-refractivity contribution >= 4 is 11.7 Å². The van der Waals surface area contributed by atoms with E-state index in [1.807, 2.05) is 49.7 Å². The van der Waals surface area contributed by atoms with Gasteiger partial charge in [0.25, 0.3) is 5.88 Å². The molecule has 3 rings (SSSR count). The van der Waals surface area contributed by atoms with Crippen LogP contribution < -0.4 is 14.8 Å². The maximum Gasteiger partial charge on any atom is 0.318 e. The number of ether oxygens (including phenoxy) is 2. The third kappa shape index (κ3) is 6.02. The van der Waals surface area contributed by atoms with Crippen LogP contribution in [-0.2, 0) is 0 Å². The minimum Gasteiger partial charge on any atom is -0.494 e. The zero-order valence-electron chi connectivity index (χ0n) is 21.6. The molecule has 0 radical (unpaired) electrons. The van der Waals surface area contributed by atoms with Crippen LogP contribution in [0.1, 0.15) is 51.8 Å². The Hall–Kier alpha value is -3.88. The van der Waals surface area contributed by atoms with Gasteiger partial charge in [-0.3, -0.25) is 4.98 Å². The molecule has 0 saturated carbocycles.